The smallest absolute Gasteiger partial charge is 0.187 e. The Bertz CT molecular complexity index is 981. The van der Waals surface area contributed by atoms with Gasteiger partial charge in [-0.3, -0.25) is 0 Å². The summed E-state index contributed by atoms with van der Waals surface area (Å²) in [6.45, 7) is -2.94. The highest BCUT2D eigenvalue weighted by molar-refractivity contribution is 4.97. The van der Waals surface area contributed by atoms with E-state index < -0.39 is 149 Å². The zero-order chi connectivity index (χ0) is 36.2. The van der Waals surface area contributed by atoms with Crippen LogP contribution in [0.1, 0.15) is 6.42 Å². The van der Waals surface area contributed by atoms with E-state index in [0.717, 1.165) is 0 Å². The topological polar surface area (TPSA) is 363 Å². The van der Waals surface area contributed by atoms with E-state index in [1.165, 1.54) is 0 Å². The summed E-state index contributed by atoms with van der Waals surface area (Å²) in [5.41, 5.74) is 5.42. The van der Waals surface area contributed by atoms with Crippen molar-refractivity contribution in [1.29, 1.82) is 0 Å². The summed E-state index contributed by atoms with van der Waals surface area (Å²) in [5, 5.41) is 134. The van der Waals surface area contributed by atoms with E-state index in [2.05, 4.69) is 0 Å². The molecule has 22 heteroatoms. The van der Waals surface area contributed by atoms with Crippen LogP contribution in [-0.2, 0) is 37.9 Å². The van der Waals surface area contributed by atoms with Crippen molar-refractivity contribution in [3.63, 3.8) is 0 Å². The maximum Gasteiger partial charge on any atom is 0.187 e. The molecular weight excluding hydrogens is 674 g/mol. The molecule has 0 aromatic heterocycles. The molecule has 4 aliphatic rings. The quantitative estimate of drug-likeness (QED) is 0.0740. The normalized spacial score (nSPS) is 49.6. The first-order valence-electron chi connectivity index (χ1n) is 15.8. The molecule has 49 heavy (non-hydrogen) atoms. The highest BCUT2D eigenvalue weighted by Crippen LogP contribution is 2.34. The first-order chi connectivity index (χ1) is 23.3. The average molecular weight is 724 g/mol. The monoisotopic (exact) mass is 723 g/mol. The largest absolute Gasteiger partial charge is 0.394 e. The van der Waals surface area contributed by atoms with Gasteiger partial charge in [-0.05, 0) is 13.0 Å². The summed E-state index contributed by atoms with van der Waals surface area (Å²) in [6.07, 6.45) is -33.8. The van der Waals surface area contributed by atoms with E-state index in [1.807, 2.05) is 0 Å². The zero-order valence-corrected chi connectivity index (χ0v) is 26.2. The Labute approximate surface area is 279 Å². The summed E-state index contributed by atoms with van der Waals surface area (Å²) < 4.78 is 44.0. The molecule has 0 radical (unpaired) electrons. The van der Waals surface area contributed by atoms with Gasteiger partial charge in [-0.25, -0.2) is 0 Å². The highest BCUT2D eigenvalue weighted by atomic mass is 16.8. The van der Waals surface area contributed by atoms with E-state index in [4.69, 9.17) is 43.6 Å². The highest BCUT2D eigenvalue weighted by Gasteiger charge is 2.55. The Morgan fingerprint density at radius 1 is 0.408 bits per heavy atom. The van der Waals surface area contributed by atoms with Gasteiger partial charge in [0, 0.05) is 0 Å². The van der Waals surface area contributed by atoms with E-state index in [1.54, 1.807) is 0 Å². The molecular formula is C27H49NO21. The molecule has 0 aliphatic carbocycles. The lowest BCUT2D eigenvalue weighted by Crippen LogP contribution is -2.67. The number of hydrogen-bond acceptors (Lipinski definition) is 22. The second kappa shape index (κ2) is 18.2. The van der Waals surface area contributed by atoms with Gasteiger partial charge in [0.1, 0.15) is 97.7 Å². The number of hydrogen-bond donors (Lipinski definition) is 14. The number of rotatable bonds is 14. The lowest BCUT2D eigenvalue weighted by atomic mass is 9.95. The van der Waals surface area contributed by atoms with Crippen molar-refractivity contribution in [3.8, 4) is 0 Å². The Morgan fingerprint density at radius 2 is 0.735 bits per heavy atom. The molecule has 4 rings (SSSR count). The summed E-state index contributed by atoms with van der Waals surface area (Å²) in [6, 6.07) is 0. The lowest BCUT2D eigenvalue weighted by Gasteiger charge is -2.49. The van der Waals surface area contributed by atoms with Crippen molar-refractivity contribution in [2.24, 2.45) is 5.73 Å². The van der Waals surface area contributed by atoms with Crippen LogP contribution >= 0.6 is 0 Å². The SMILES string of the molecule is NCCCO[C@@H]1OC(CO)[C@@H](O[C@@H]2OC(CO)[C@@H](O[C@H]3OC(CO)[C@H](O[C@H]4OC(CO)[C@@H](O)C(O)C4O)C(O)C3O)C(O)C2O)C(O)C1O. The first-order valence-corrected chi connectivity index (χ1v) is 15.8. The minimum absolute atomic E-state index is 0.0756. The molecule has 0 bridgehead atoms. The van der Waals surface area contributed by atoms with Crippen molar-refractivity contribution in [2.45, 2.75) is 129 Å². The van der Waals surface area contributed by atoms with Crippen molar-refractivity contribution in [1.82, 2.24) is 0 Å². The predicted octanol–water partition coefficient (Wildman–Crippen LogP) is -9.38. The number of ether oxygens (including phenoxy) is 8. The minimum atomic E-state index is -2.02. The first kappa shape index (κ1) is 40.9. The maximum atomic E-state index is 11.0. The third-order valence-electron chi connectivity index (χ3n) is 8.81. The third kappa shape index (κ3) is 8.85. The van der Waals surface area contributed by atoms with Gasteiger partial charge in [0.2, 0.25) is 0 Å². The Morgan fingerprint density at radius 3 is 1.10 bits per heavy atom. The fourth-order valence-corrected chi connectivity index (χ4v) is 5.95. The summed E-state index contributed by atoms with van der Waals surface area (Å²) in [5.74, 6) is 0. The molecule has 15 N–H and O–H groups in total. The van der Waals surface area contributed by atoms with E-state index in [0.29, 0.717) is 6.42 Å². The molecule has 4 heterocycles. The van der Waals surface area contributed by atoms with Crippen LogP contribution in [-0.4, -0.2) is 229 Å². The Kier molecular flexibility index (Phi) is 15.2. The van der Waals surface area contributed by atoms with Gasteiger partial charge in [-0.2, -0.15) is 0 Å². The van der Waals surface area contributed by atoms with Crippen LogP contribution in [0.15, 0.2) is 0 Å². The fraction of sp³-hybridized carbons (Fsp3) is 1.00. The third-order valence-corrected chi connectivity index (χ3v) is 8.81. The zero-order valence-electron chi connectivity index (χ0n) is 26.2. The number of nitrogens with two attached hydrogens (primary N) is 1. The van der Waals surface area contributed by atoms with Crippen molar-refractivity contribution in [3.05, 3.63) is 0 Å². The van der Waals surface area contributed by atoms with Crippen molar-refractivity contribution in [2.75, 3.05) is 39.6 Å². The summed E-state index contributed by atoms with van der Waals surface area (Å²) >= 11 is 0. The van der Waals surface area contributed by atoms with E-state index in [-0.39, 0.29) is 13.2 Å². The molecule has 4 saturated heterocycles. The molecule has 0 amide bonds. The minimum Gasteiger partial charge on any atom is -0.394 e. The molecule has 0 aromatic carbocycles. The Hall–Kier alpha value is -0.880. The van der Waals surface area contributed by atoms with Gasteiger partial charge in [-0.15, -0.1) is 0 Å². The van der Waals surface area contributed by atoms with Gasteiger partial charge in [-0.1, -0.05) is 0 Å². The molecule has 22 nitrogen and oxygen atoms in total. The van der Waals surface area contributed by atoms with Crippen LogP contribution in [0.25, 0.3) is 0 Å². The molecule has 0 saturated carbocycles. The van der Waals surface area contributed by atoms with Crippen LogP contribution < -0.4 is 5.73 Å². The second-order valence-corrected chi connectivity index (χ2v) is 12.1. The number of aliphatic hydroxyl groups excluding tert-OH is 13. The predicted molar refractivity (Wildman–Crippen MR) is 151 cm³/mol. The second-order valence-electron chi connectivity index (χ2n) is 12.1. The van der Waals surface area contributed by atoms with Gasteiger partial charge in [0.15, 0.2) is 25.2 Å². The van der Waals surface area contributed by atoms with E-state index >= 15 is 0 Å². The molecule has 12 unspecified atom stereocenters. The molecule has 20 atom stereocenters. The van der Waals surface area contributed by atoms with Crippen molar-refractivity contribution < 1.29 is 104 Å². The van der Waals surface area contributed by atoms with Crippen LogP contribution in [0.2, 0.25) is 0 Å². The molecule has 0 aromatic rings. The molecule has 0 spiro atoms. The molecule has 4 fully saturated rings. The van der Waals surface area contributed by atoms with Crippen LogP contribution in [0.4, 0.5) is 0 Å². The van der Waals surface area contributed by atoms with Gasteiger partial charge < -0.3 is 110 Å². The summed E-state index contributed by atoms with van der Waals surface area (Å²) in [7, 11) is 0. The van der Waals surface area contributed by atoms with Gasteiger partial charge in [0.25, 0.3) is 0 Å². The standard InChI is InChI=1S/C27H49NO21/c28-2-1-3-42-24-18(39)14(35)21(9(5-30)44-24)48-26-20(41)16(37)23(11(7-32)46-26)49-27-19(40)15(36)22(10(6-31)45-27)47-25-17(38)13(34)12(33)8(4-29)43-25/h8-27,29-41H,1-7,28H2/t8?,9?,10?,11?,12-,13?,14?,15?,16?,17?,18?,19?,20?,21-,22+,23-,24-,25-,26+,27-/m1/s1. The van der Waals surface area contributed by atoms with Gasteiger partial charge in [0.05, 0.1) is 33.0 Å². The van der Waals surface area contributed by atoms with Crippen molar-refractivity contribution >= 4 is 0 Å². The Balaban J connectivity index is 1.41. The van der Waals surface area contributed by atoms with E-state index in [9.17, 15) is 66.4 Å². The van der Waals surface area contributed by atoms with Gasteiger partial charge >= 0.3 is 0 Å². The van der Waals surface area contributed by atoms with Crippen LogP contribution in [0.5, 0.6) is 0 Å². The fourth-order valence-electron chi connectivity index (χ4n) is 5.95. The molecule has 288 valence electrons. The summed E-state index contributed by atoms with van der Waals surface area (Å²) in [4.78, 5) is 0. The number of aliphatic hydroxyl groups is 13. The molecule has 4 aliphatic heterocycles. The maximum absolute atomic E-state index is 11.0. The van der Waals surface area contributed by atoms with Crippen LogP contribution in [0, 0.1) is 0 Å². The lowest BCUT2D eigenvalue weighted by molar-refractivity contribution is -0.388. The van der Waals surface area contributed by atoms with Crippen LogP contribution in [0.3, 0.4) is 0 Å². The average Bonchev–Trinajstić information content (AvgIpc) is 3.10.